The quantitative estimate of drug-likeness (QED) is 0.393. The van der Waals surface area contributed by atoms with Crippen LogP contribution in [0.3, 0.4) is 0 Å². The monoisotopic (exact) mass is 490 g/mol. The van der Waals surface area contributed by atoms with E-state index in [4.69, 9.17) is 11.6 Å². The summed E-state index contributed by atoms with van der Waals surface area (Å²) in [6.07, 6.45) is 9.59. The summed E-state index contributed by atoms with van der Waals surface area (Å²) in [6, 6.07) is 17.0. The fraction of sp³-hybridized carbons (Fsp3) is 0.286. The van der Waals surface area contributed by atoms with E-state index in [1.54, 1.807) is 10.6 Å². The van der Waals surface area contributed by atoms with Gasteiger partial charge in [0.25, 0.3) is 0 Å². The number of unbranched alkanes of at least 4 members (excludes halogenated alkanes) is 1. The zero-order valence-electron chi connectivity index (χ0n) is 19.5. The van der Waals surface area contributed by atoms with Gasteiger partial charge in [-0.1, -0.05) is 78.4 Å². The van der Waals surface area contributed by atoms with Gasteiger partial charge in [-0.25, -0.2) is 4.79 Å². The van der Waals surface area contributed by atoms with Crippen LogP contribution < -0.4 is 5.32 Å². The third kappa shape index (κ3) is 6.14. The summed E-state index contributed by atoms with van der Waals surface area (Å²) in [7, 11) is 0. The number of nitrogens with zero attached hydrogens (tertiary/aromatic N) is 2. The SMILES string of the molecule is O=C(CCCCN1C(=O)C2C=CC=CC2=[N+](Cc2ccccc2Cl)C1=O)NCCc1ccccc1. The minimum atomic E-state index is -0.499. The Balaban J connectivity index is 1.32. The highest BCUT2D eigenvalue weighted by atomic mass is 35.5. The van der Waals surface area contributed by atoms with Crippen molar-refractivity contribution in [2.45, 2.75) is 32.2 Å². The molecule has 1 unspecified atom stereocenters. The topological polar surface area (TPSA) is 69.5 Å². The Hall–Kier alpha value is -3.51. The Morgan fingerprint density at radius 2 is 1.77 bits per heavy atom. The normalized spacial score (nSPS) is 17.1. The van der Waals surface area contributed by atoms with Crippen molar-refractivity contribution in [3.63, 3.8) is 0 Å². The predicted molar refractivity (Wildman–Crippen MR) is 136 cm³/mol. The highest BCUT2D eigenvalue weighted by Crippen LogP contribution is 2.23. The van der Waals surface area contributed by atoms with E-state index >= 15 is 0 Å². The first-order valence-electron chi connectivity index (χ1n) is 11.9. The van der Waals surface area contributed by atoms with Crippen LogP contribution in [-0.2, 0) is 22.6 Å². The molecule has 7 heteroatoms. The van der Waals surface area contributed by atoms with Crippen LogP contribution in [-0.4, -0.2) is 46.1 Å². The van der Waals surface area contributed by atoms with Crippen LogP contribution in [0.4, 0.5) is 4.79 Å². The van der Waals surface area contributed by atoms with E-state index in [1.165, 1.54) is 10.5 Å². The molecule has 0 fully saturated rings. The second-order valence-electron chi connectivity index (χ2n) is 8.64. The Labute approximate surface area is 210 Å². The number of imide groups is 1. The smallest absolute Gasteiger partial charge is 0.356 e. The number of rotatable bonds is 10. The number of carbonyl (C=O) groups is 3. The van der Waals surface area contributed by atoms with Gasteiger partial charge in [0, 0.05) is 23.6 Å². The predicted octanol–water partition coefficient (Wildman–Crippen LogP) is 4.53. The first-order chi connectivity index (χ1) is 17.0. The van der Waals surface area contributed by atoms with Gasteiger partial charge in [0.05, 0.1) is 6.54 Å². The van der Waals surface area contributed by atoms with Crippen LogP contribution in [0.25, 0.3) is 0 Å². The van der Waals surface area contributed by atoms with Crippen molar-refractivity contribution >= 4 is 35.2 Å². The van der Waals surface area contributed by atoms with Gasteiger partial charge in [-0.3, -0.25) is 4.79 Å². The molecule has 1 N–H and O–H groups in total. The van der Waals surface area contributed by atoms with Gasteiger partial charge in [0.15, 0.2) is 0 Å². The molecule has 4 amide bonds. The van der Waals surface area contributed by atoms with Crippen molar-refractivity contribution in [1.29, 1.82) is 0 Å². The van der Waals surface area contributed by atoms with Crippen LogP contribution in [0.15, 0.2) is 78.9 Å². The maximum Gasteiger partial charge on any atom is 0.501 e. The van der Waals surface area contributed by atoms with Crippen LogP contribution in [0.5, 0.6) is 0 Å². The van der Waals surface area contributed by atoms with E-state index in [2.05, 4.69) is 5.32 Å². The number of urea groups is 1. The molecule has 2 aromatic rings. The van der Waals surface area contributed by atoms with E-state index in [0.29, 0.717) is 36.5 Å². The Kier molecular flexibility index (Phi) is 8.27. The van der Waals surface area contributed by atoms with Crippen molar-refractivity contribution in [3.8, 4) is 0 Å². The lowest BCUT2D eigenvalue weighted by Crippen LogP contribution is -2.54. The molecule has 0 saturated carbocycles. The van der Waals surface area contributed by atoms with E-state index in [1.807, 2.05) is 72.8 Å². The number of carbonyl (C=O) groups excluding carboxylic acids is 3. The molecule has 1 heterocycles. The minimum absolute atomic E-state index is 0.0199. The molecule has 35 heavy (non-hydrogen) atoms. The number of nitrogens with one attached hydrogen (secondary N) is 1. The molecule has 0 aromatic heterocycles. The Morgan fingerprint density at radius 3 is 2.57 bits per heavy atom. The van der Waals surface area contributed by atoms with Crippen molar-refractivity contribution in [2.75, 3.05) is 13.1 Å². The fourth-order valence-corrected chi connectivity index (χ4v) is 4.51. The largest absolute Gasteiger partial charge is 0.501 e. The number of hydrogen-bond acceptors (Lipinski definition) is 3. The van der Waals surface area contributed by atoms with Crippen LogP contribution in [0.1, 0.15) is 30.4 Å². The van der Waals surface area contributed by atoms with Crippen LogP contribution in [0, 0.1) is 5.92 Å². The molecule has 1 aliphatic carbocycles. The van der Waals surface area contributed by atoms with Gasteiger partial charge < -0.3 is 5.32 Å². The molecule has 6 nitrogen and oxygen atoms in total. The lowest BCUT2D eigenvalue weighted by molar-refractivity contribution is -0.456. The number of amides is 4. The number of benzene rings is 2. The lowest BCUT2D eigenvalue weighted by Gasteiger charge is -2.27. The van der Waals surface area contributed by atoms with Gasteiger partial charge in [-0.2, -0.15) is 14.3 Å². The third-order valence-corrected chi connectivity index (χ3v) is 6.58. The lowest BCUT2D eigenvalue weighted by atomic mass is 9.94. The van der Waals surface area contributed by atoms with E-state index in [9.17, 15) is 14.4 Å². The van der Waals surface area contributed by atoms with Crippen LogP contribution >= 0.6 is 11.6 Å². The average Bonchev–Trinajstić information content (AvgIpc) is 2.88. The van der Waals surface area contributed by atoms with Crippen molar-refractivity contribution < 1.29 is 19.0 Å². The molecular formula is C28H29ClN3O3+. The van der Waals surface area contributed by atoms with Gasteiger partial charge >= 0.3 is 11.9 Å². The number of allylic oxidation sites excluding steroid dienone is 3. The van der Waals surface area contributed by atoms with Crippen molar-refractivity contribution in [3.05, 3.63) is 95.1 Å². The maximum absolute atomic E-state index is 13.3. The van der Waals surface area contributed by atoms with Gasteiger partial charge in [0.2, 0.25) is 5.91 Å². The van der Waals surface area contributed by atoms with Crippen molar-refractivity contribution in [1.82, 2.24) is 10.2 Å². The highest BCUT2D eigenvalue weighted by molar-refractivity contribution is 6.31. The maximum atomic E-state index is 13.3. The second kappa shape index (κ2) is 11.8. The third-order valence-electron chi connectivity index (χ3n) is 6.21. The first-order valence-corrected chi connectivity index (χ1v) is 12.3. The molecule has 0 bridgehead atoms. The molecule has 2 aliphatic rings. The molecular weight excluding hydrogens is 462 g/mol. The molecule has 2 aromatic carbocycles. The van der Waals surface area contributed by atoms with Gasteiger partial charge in [0.1, 0.15) is 18.2 Å². The van der Waals surface area contributed by atoms with E-state index in [0.717, 1.165) is 12.0 Å². The first kappa shape index (κ1) is 24.6. The molecule has 0 radical (unpaired) electrons. The van der Waals surface area contributed by atoms with Gasteiger partial charge in [-0.15, -0.1) is 0 Å². The van der Waals surface area contributed by atoms with E-state index < -0.39 is 5.92 Å². The summed E-state index contributed by atoms with van der Waals surface area (Å²) in [5.74, 6) is -0.747. The molecule has 0 spiro atoms. The molecule has 180 valence electrons. The number of fused-ring (bicyclic) bond motifs is 1. The summed E-state index contributed by atoms with van der Waals surface area (Å²) < 4.78 is 1.63. The molecule has 0 saturated heterocycles. The van der Waals surface area contributed by atoms with Crippen LogP contribution in [0.2, 0.25) is 5.02 Å². The molecule has 1 atom stereocenters. The van der Waals surface area contributed by atoms with Crippen molar-refractivity contribution in [2.24, 2.45) is 5.92 Å². The summed E-state index contributed by atoms with van der Waals surface area (Å²) in [6.45, 7) is 1.15. The average molecular weight is 491 g/mol. The number of hydrogen-bond donors (Lipinski definition) is 1. The fourth-order valence-electron chi connectivity index (χ4n) is 4.31. The summed E-state index contributed by atoms with van der Waals surface area (Å²) in [4.78, 5) is 39.9. The second-order valence-corrected chi connectivity index (χ2v) is 9.05. The number of halogens is 1. The summed E-state index contributed by atoms with van der Waals surface area (Å²) in [5.41, 5.74) is 2.66. The molecule has 4 rings (SSSR count). The zero-order chi connectivity index (χ0) is 24.6. The van der Waals surface area contributed by atoms with E-state index in [-0.39, 0.29) is 30.9 Å². The standard InChI is InChI=1S/C28H28ClN3O3/c29-24-14-6-4-12-22(24)20-32-25-15-7-5-13-23(25)27(34)31(28(32)35)19-9-8-16-26(33)30-18-17-21-10-2-1-3-11-21/h1-7,10-15,23H,8-9,16-20H2/p+1. The Morgan fingerprint density at radius 1 is 1.00 bits per heavy atom. The zero-order valence-corrected chi connectivity index (χ0v) is 20.3. The summed E-state index contributed by atoms with van der Waals surface area (Å²) >= 11 is 6.34. The highest BCUT2D eigenvalue weighted by Gasteiger charge is 2.46. The Bertz CT molecular complexity index is 1190. The molecule has 1 aliphatic heterocycles. The van der Waals surface area contributed by atoms with Gasteiger partial charge in [-0.05, 0) is 37.0 Å². The minimum Gasteiger partial charge on any atom is -0.356 e. The summed E-state index contributed by atoms with van der Waals surface area (Å²) in [5, 5.41) is 3.52.